The Hall–Kier alpha value is -3.09. The van der Waals surface area contributed by atoms with Gasteiger partial charge < -0.3 is 19.5 Å². The van der Waals surface area contributed by atoms with E-state index in [1.54, 1.807) is 32.4 Å². The minimum Gasteiger partial charge on any atom is -0.496 e. The number of hydrogen-bond acceptors (Lipinski definition) is 5. The smallest absolute Gasteiger partial charge is 0.258 e. The number of nitrogens with one attached hydrogen (secondary N) is 1. The Bertz CT molecular complexity index is 1020. The maximum Gasteiger partial charge on any atom is 0.258 e. The molecule has 6 nitrogen and oxygen atoms in total. The summed E-state index contributed by atoms with van der Waals surface area (Å²) in [5, 5.41) is 5.52. The van der Waals surface area contributed by atoms with Gasteiger partial charge in [-0.15, -0.1) is 0 Å². The lowest BCUT2D eigenvalue weighted by molar-refractivity contribution is 0.0165. The number of carbonyl (C=O) groups excluding carboxylic acids is 1. The van der Waals surface area contributed by atoms with Gasteiger partial charge in [-0.3, -0.25) is 9.69 Å². The largest absolute Gasteiger partial charge is 0.496 e. The van der Waals surface area contributed by atoms with E-state index in [2.05, 4.69) is 46.6 Å². The molecule has 1 atom stereocenters. The van der Waals surface area contributed by atoms with Crippen LogP contribution in [0.5, 0.6) is 11.5 Å². The van der Waals surface area contributed by atoms with Crippen molar-refractivity contribution < 1.29 is 19.0 Å². The molecule has 3 aromatic carbocycles. The predicted octanol–water partition coefficient (Wildman–Crippen LogP) is 3.66. The Labute approximate surface area is 182 Å². The first kappa shape index (κ1) is 21.2. The molecule has 31 heavy (non-hydrogen) atoms. The quantitative estimate of drug-likeness (QED) is 0.632. The number of ether oxygens (including phenoxy) is 3. The lowest BCUT2D eigenvalue weighted by atomic mass is 9.97. The third-order valence-corrected chi connectivity index (χ3v) is 5.78. The van der Waals surface area contributed by atoms with Gasteiger partial charge in [0.1, 0.15) is 17.1 Å². The van der Waals surface area contributed by atoms with Gasteiger partial charge in [0.2, 0.25) is 0 Å². The van der Waals surface area contributed by atoms with Crippen LogP contribution >= 0.6 is 0 Å². The van der Waals surface area contributed by atoms with Gasteiger partial charge in [0.15, 0.2) is 0 Å². The molecule has 4 rings (SSSR count). The lowest BCUT2D eigenvalue weighted by Gasteiger charge is -2.35. The number of methoxy groups -OCH3 is 2. The van der Waals surface area contributed by atoms with Crippen LogP contribution in [-0.4, -0.2) is 57.9 Å². The fraction of sp³-hybridized carbons (Fsp3) is 0.320. The Morgan fingerprint density at radius 2 is 1.61 bits per heavy atom. The van der Waals surface area contributed by atoms with E-state index >= 15 is 0 Å². The molecule has 0 saturated carbocycles. The standard InChI is InChI=1S/C25H28N2O4/c1-29-22-11-6-12-23(30-2)24(22)25(28)26-17-21(27-13-15-31-16-14-27)20-10-5-8-18-7-3-4-9-19(18)20/h3-12,21H,13-17H2,1-2H3,(H,26,28)/t21-/m1/s1. The normalized spacial score (nSPS) is 15.4. The maximum atomic E-state index is 13.2. The third-order valence-electron chi connectivity index (χ3n) is 5.78. The highest BCUT2D eigenvalue weighted by molar-refractivity contribution is 5.99. The molecule has 1 heterocycles. The zero-order valence-corrected chi connectivity index (χ0v) is 18.0. The van der Waals surface area contributed by atoms with Crippen molar-refractivity contribution in [2.75, 3.05) is 47.1 Å². The second kappa shape index (κ2) is 9.81. The van der Waals surface area contributed by atoms with Crippen molar-refractivity contribution in [1.82, 2.24) is 10.2 Å². The van der Waals surface area contributed by atoms with Gasteiger partial charge in [0.05, 0.1) is 33.5 Å². The molecule has 0 radical (unpaired) electrons. The lowest BCUT2D eigenvalue weighted by Crippen LogP contribution is -2.44. The summed E-state index contributed by atoms with van der Waals surface area (Å²) in [5.74, 6) is 0.766. The van der Waals surface area contributed by atoms with Gasteiger partial charge in [-0.25, -0.2) is 0 Å². The van der Waals surface area contributed by atoms with Crippen molar-refractivity contribution in [3.05, 3.63) is 71.8 Å². The average Bonchev–Trinajstić information content (AvgIpc) is 2.84. The summed E-state index contributed by atoms with van der Waals surface area (Å²) in [7, 11) is 3.11. The summed E-state index contributed by atoms with van der Waals surface area (Å²) in [6.45, 7) is 3.49. The molecule has 0 unspecified atom stereocenters. The van der Waals surface area contributed by atoms with E-state index in [1.165, 1.54) is 16.3 Å². The van der Waals surface area contributed by atoms with E-state index in [9.17, 15) is 4.79 Å². The third kappa shape index (κ3) is 4.50. The molecule has 1 aliphatic rings. The highest BCUT2D eigenvalue weighted by atomic mass is 16.5. The van der Waals surface area contributed by atoms with Crippen LogP contribution in [0.3, 0.4) is 0 Å². The molecule has 1 aliphatic heterocycles. The van der Waals surface area contributed by atoms with E-state index in [4.69, 9.17) is 14.2 Å². The van der Waals surface area contributed by atoms with Crippen molar-refractivity contribution in [2.24, 2.45) is 0 Å². The average molecular weight is 421 g/mol. The van der Waals surface area contributed by atoms with E-state index < -0.39 is 0 Å². The van der Waals surface area contributed by atoms with Crippen LogP contribution in [0.1, 0.15) is 22.0 Å². The summed E-state index contributed by atoms with van der Waals surface area (Å²) in [5.41, 5.74) is 1.61. The van der Waals surface area contributed by atoms with Gasteiger partial charge in [-0.2, -0.15) is 0 Å². The van der Waals surface area contributed by atoms with Crippen LogP contribution in [0.15, 0.2) is 60.7 Å². The van der Waals surface area contributed by atoms with Crippen molar-refractivity contribution in [3.8, 4) is 11.5 Å². The summed E-state index contributed by atoms with van der Waals surface area (Å²) in [6.07, 6.45) is 0. The molecule has 1 N–H and O–H groups in total. The molecule has 0 bridgehead atoms. The molecule has 162 valence electrons. The number of morpholine rings is 1. The molecule has 3 aromatic rings. The van der Waals surface area contributed by atoms with Crippen LogP contribution in [0.2, 0.25) is 0 Å². The fourth-order valence-electron chi connectivity index (χ4n) is 4.22. The molecule has 0 aromatic heterocycles. The predicted molar refractivity (Wildman–Crippen MR) is 121 cm³/mol. The second-order valence-corrected chi connectivity index (χ2v) is 7.48. The van der Waals surface area contributed by atoms with Gasteiger partial charge >= 0.3 is 0 Å². The highest BCUT2D eigenvalue weighted by Gasteiger charge is 2.26. The van der Waals surface area contributed by atoms with Crippen molar-refractivity contribution in [1.29, 1.82) is 0 Å². The Kier molecular flexibility index (Phi) is 6.70. The molecule has 0 spiro atoms. The summed E-state index contributed by atoms with van der Waals surface area (Å²) in [6, 6.07) is 20.1. The molecular formula is C25H28N2O4. The van der Waals surface area contributed by atoms with Gasteiger partial charge in [0, 0.05) is 19.6 Å². The summed E-state index contributed by atoms with van der Waals surface area (Å²) >= 11 is 0. The fourth-order valence-corrected chi connectivity index (χ4v) is 4.22. The first-order valence-corrected chi connectivity index (χ1v) is 10.5. The van der Waals surface area contributed by atoms with Crippen molar-refractivity contribution in [2.45, 2.75) is 6.04 Å². The first-order valence-electron chi connectivity index (χ1n) is 10.5. The monoisotopic (exact) mass is 420 g/mol. The number of benzene rings is 3. The zero-order chi connectivity index (χ0) is 21.6. The molecule has 6 heteroatoms. The zero-order valence-electron chi connectivity index (χ0n) is 18.0. The molecular weight excluding hydrogens is 392 g/mol. The first-order chi connectivity index (χ1) is 15.2. The molecule has 0 aliphatic carbocycles. The van der Waals surface area contributed by atoms with Crippen LogP contribution in [-0.2, 0) is 4.74 Å². The molecule has 1 amide bonds. The molecule has 1 fully saturated rings. The van der Waals surface area contributed by atoms with Gasteiger partial charge in [0.25, 0.3) is 5.91 Å². The Morgan fingerprint density at radius 3 is 2.32 bits per heavy atom. The van der Waals surface area contributed by atoms with Crippen LogP contribution in [0, 0.1) is 0 Å². The number of fused-ring (bicyclic) bond motifs is 1. The Balaban J connectivity index is 1.64. The summed E-state index contributed by atoms with van der Waals surface area (Å²) in [4.78, 5) is 15.6. The van der Waals surface area contributed by atoms with Crippen LogP contribution < -0.4 is 14.8 Å². The second-order valence-electron chi connectivity index (χ2n) is 7.48. The van der Waals surface area contributed by atoms with Crippen LogP contribution in [0.4, 0.5) is 0 Å². The van der Waals surface area contributed by atoms with E-state index in [0.717, 1.165) is 13.1 Å². The SMILES string of the molecule is COc1cccc(OC)c1C(=O)NC[C@H](c1cccc2ccccc12)N1CCOCC1. The van der Waals surface area contributed by atoms with Gasteiger partial charge in [-0.1, -0.05) is 48.5 Å². The number of rotatable bonds is 7. The minimum atomic E-state index is -0.215. The van der Waals surface area contributed by atoms with E-state index in [-0.39, 0.29) is 11.9 Å². The number of carbonyl (C=O) groups is 1. The van der Waals surface area contributed by atoms with Crippen molar-refractivity contribution >= 4 is 16.7 Å². The van der Waals surface area contributed by atoms with E-state index in [0.29, 0.717) is 36.8 Å². The highest BCUT2D eigenvalue weighted by Crippen LogP contribution is 2.30. The van der Waals surface area contributed by atoms with Crippen LogP contribution in [0.25, 0.3) is 10.8 Å². The maximum absolute atomic E-state index is 13.2. The molecule has 1 saturated heterocycles. The number of amides is 1. The van der Waals surface area contributed by atoms with Crippen molar-refractivity contribution in [3.63, 3.8) is 0 Å². The van der Waals surface area contributed by atoms with E-state index in [1.807, 2.05) is 6.07 Å². The number of hydrogen-bond donors (Lipinski definition) is 1. The minimum absolute atomic E-state index is 0.0275. The van der Waals surface area contributed by atoms with Gasteiger partial charge in [-0.05, 0) is 28.5 Å². The Morgan fingerprint density at radius 1 is 0.968 bits per heavy atom. The topological polar surface area (TPSA) is 60.0 Å². The summed E-state index contributed by atoms with van der Waals surface area (Å²) < 4.78 is 16.4. The number of nitrogens with zero attached hydrogens (tertiary/aromatic N) is 1.